The van der Waals surface area contributed by atoms with Crippen LogP contribution in [0.3, 0.4) is 0 Å². The van der Waals surface area contributed by atoms with Crippen LogP contribution in [0.2, 0.25) is 0 Å². The highest BCUT2D eigenvalue weighted by Crippen LogP contribution is 2.27. The summed E-state index contributed by atoms with van der Waals surface area (Å²) in [5.74, 6) is -0.934. The van der Waals surface area contributed by atoms with Gasteiger partial charge >= 0.3 is 5.97 Å². The molecule has 6 nitrogen and oxygen atoms in total. The van der Waals surface area contributed by atoms with Crippen LogP contribution >= 0.6 is 0 Å². The summed E-state index contributed by atoms with van der Waals surface area (Å²) in [4.78, 5) is 24.3. The van der Waals surface area contributed by atoms with E-state index in [9.17, 15) is 14.9 Å². The van der Waals surface area contributed by atoms with E-state index in [1.54, 1.807) is 6.26 Å². The van der Waals surface area contributed by atoms with Gasteiger partial charge in [-0.2, -0.15) is 5.26 Å². The van der Waals surface area contributed by atoms with Crippen molar-refractivity contribution in [2.24, 2.45) is 0 Å². The predicted molar refractivity (Wildman–Crippen MR) is 99.9 cm³/mol. The number of nitriles is 1. The van der Waals surface area contributed by atoms with Gasteiger partial charge < -0.3 is 14.5 Å². The molecule has 142 valence electrons. The Kier molecular flexibility index (Phi) is 5.50. The van der Waals surface area contributed by atoms with E-state index in [0.717, 1.165) is 46.9 Å². The molecule has 0 unspecified atom stereocenters. The Morgan fingerprint density at radius 3 is 2.63 bits per heavy atom. The van der Waals surface area contributed by atoms with E-state index < -0.39 is 17.4 Å². The van der Waals surface area contributed by atoms with Crippen molar-refractivity contribution in [2.75, 3.05) is 6.61 Å². The minimum Gasteiger partial charge on any atom is -0.464 e. The lowest BCUT2D eigenvalue weighted by molar-refractivity contribution is -0.148. The van der Waals surface area contributed by atoms with E-state index >= 15 is 0 Å². The maximum Gasteiger partial charge on any atom is 0.310 e. The van der Waals surface area contributed by atoms with Gasteiger partial charge in [-0.3, -0.25) is 9.59 Å². The molecule has 1 aromatic heterocycles. The molecular weight excluding hydrogens is 344 g/mol. The van der Waals surface area contributed by atoms with Gasteiger partial charge in [-0.25, -0.2) is 0 Å². The molecule has 1 aromatic carbocycles. The zero-order valence-electron chi connectivity index (χ0n) is 15.8. The lowest BCUT2D eigenvalue weighted by atomic mass is 9.83. The Balaban J connectivity index is 1.56. The molecule has 1 aliphatic carbocycles. The number of hydrogen-bond acceptors (Lipinski definition) is 5. The lowest BCUT2D eigenvalue weighted by Gasteiger charge is -2.31. The average Bonchev–Trinajstić information content (AvgIpc) is 3.03. The van der Waals surface area contributed by atoms with Gasteiger partial charge in [-0.05, 0) is 49.9 Å². The van der Waals surface area contributed by atoms with Crippen molar-refractivity contribution in [2.45, 2.75) is 57.9 Å². The molecule has 1 amide bonds. The standard InChI is InChI=1S/C21H24N2O4/c1-14-8-17-16(11-26-18(17)9-15(14)2)10-20(25)27-12-19(24)23-21(13-22)6-4-3-5-7-21/h8-9,11H,3-7,10,12H2,1-2H3,(H,23,24). The topological polar surface area (TPSA) is 92.3 Å². The summed E-state index contributed by atoms with van der Waals surface area (Å²) in [6, 6.07) is 6.15. The van der Waals surface area contributed by atoms with Crippen LogP contribution in [-0.2, 0) is 20.7 Å². The fourth-order valence-corrected chi connectivity index (χ4v) is 3.55. The van der Waals surface area contributed by atoms with E-state index in [1.165, 1.54) is 0 Å². The summed E-state index contributed by atoms with van der Waals surface area (Å²) in [6.45, 7) is 3.63. The predicted octanol–water partition coefficient (Wildman–Crippen LogP) is 3.48. The third kappa shape index (κ3) is 4.30. The smallest absolute Gasteiger partial charge is 0.310 e. The van der Waals surface area contributed by atoms with E-state index in [1.807, 2.05) is 26.0 Å². The molecule has 0 bridgehead atoms. The van der Waals surface area contributed by atoms with Crippen LogP contribution in [0.25, 0.3) is 11.0 Å². The normalized spacial score (nSPS) is 15.9. The minimum absolute atomic E-state index is 0.0339. The van der Waals surface area contributed by atoms with E-state index in [4.69, 9.17) is 9.15 Å². The third-order valence-corrected chi connectivity index (χ3v) is 5.27. The Hall–Kier alpha value is -2.81. The summed E-state index contributed by atoms with van der Waals surface area (Å²) < 4.78 is 10.6. The van der Waals surface area contributed by atoms with Crippen molar-refractivity contribution in [3.63, 3.8) is 0 Å². The van der Waals surface area contributed by atoms with Crippen LogP contribution < -0.4 is 5.32 Å². The summed E-state index contributed by atoms with van der Waals surface area (Å²) in [5.41, 5.74) is 2.88. The fraction of sp³-hybridized carbons (Fsp3) is 0.476. The molecule has 1 saturated carbocycles. The van der Waals surface area contributed by atoms with Crippen LogP contribution in [0.1, 0.15) is 48.8 Å². The highest BCUT2D eigenvalue weighted by Gasteiger charge is 2.33. The quantitative estimate of drug-likeness (QED) is 0.816. The zero-order chi connectivity index (χ0) is 19.4. The first-order valence-electron chi connectivity index (χ1n) is 9.28. The first-order valence-corrected chi connectivity index (χ1v) is 9.28. The molecular formula is C21H24N2O4. The first-order chi connectivity index (χ1) is 12.9. The number of amides is 1. The average molecular weight is 368 g/mol. The van der Waals surface area contributed by atoms with Crippen LogP contribution in [0.5, 0.6) is 0 Å². The van der Waals surface area contributed by atoms with Crippen LogP contribution in [0, 0.1) is 25.2 Å². The van der Waals surface area contributed by atoms with Crippen molar-refractivity contribution in [3.05, 3.63) is 35.1 Å². The summed E-state index contributed by atoms with van der Waals surface area (Å²) in [5, 5.41) is 13.0. The van der Waals surface area contributed by atoms with Gasteiger partial charge in [0.2, 0.25) is 0 Å². The molecule has 0 saturated heterocycles. The fourth-order valence-electron chi connectivity index (χ4n) is 3.55. The molecule has 3 rings (SSSR count). The Morgan fingerprint density at radius 2 is 1.93 bits per heavy atom. The molecule has 1 fully saturated rings. The second-order valence-corrected chi connectivity index (χ2v) is 7.33. The highest BCUT2D eigenvalue weighted by molar-refractivity contribution is 5.88. The van der Waals surface area contributed by atoms with Gasteiger partial charge in [0.05, 0.1) is 18.8 Å². The molecule has 2 aromatic rings. The maximum atomic E-state index is 12.1. The Labute approximate surface area is 158 Å². The minimum atomic E-state index is -0.822. The number of fused-ring (bicyclic) bond motifs is 1. The monoisotopic (exact) mass is 368 g/mol. The molecule has 0 spiro atoms. The SMILES string of the molecule is Cc1cc2occ(CC(=O)OCC(=O)NC3(C#N)CCCCC3)c2cc1C. The van der Waals surface area contributed by atoms with Crippen molar-refractivity contribution in [1.29, 1.82) is 5.26 Å². The second kappa shape index (κ2) is 7.83. The number of esters is 1. The van der Waals surface area contributed by atoms with E-state index in [-0.39, 0.29) is 13.0 Å². The van der Waals surface area contributed by atoms with Crippen LogP contribution in [-0.4, -0.2) is 24.0 Å². The van der Waals surface area contributed by atoms with Crippen molar-refractivity contribution in [3.8, 4) is 6.07 Å². The molecule has 0 aliphatic heterocycles. The number of furan rings is 1. The summed E-state index contributed by atoms with van der Waals surface area (Å²) >= 11 is 0. The molecule has 27 heavy (non-hydrogen) atoms. The number of ether oxygens (including phenoxy) is 1. The number of benzene rings is 1. The van der Waals surface area contributed by atoms with Gasteiger partial charge in [0.1, 0.15) is 11.1 Å². The number of carbonyl (C=O) groups excluding carboxylic acids is 2. The van der Waals surface area contributed by atoms with Gasteiger partial charge in [-0.1, -0.05) is 19.3 Å². The van der Waals surface area contributed by atoms with Crippen molar-refractivity contribution >= 4 is 22.8 Å². The molecule has 1 heterocycles. The van der Waals surface area contributed by atoms with Crippen molar-refractivity contribution < 1.29 is 18.7 Å². The van der Waals surface area contributed by atoms with Crippen LogP contribution in [0.15, 0.2) is 22.8 Å². The van der Waals surface area contributed by atoms with Gasteiger partial charge in [0.15, 0.2) is 6.61 Å². The van der Waals surface area contributed by atoms with E-state index in [0.29, 0.717) is 12.8 Å². The number of nitrogens with zero attached hydrogens (tertiary/aromatic N) is 1. The number of aryl methyl sites for hydroxylation is 2. The van der Waals surface area contributed by atoms with Crippen LogP contribution in [0.4, 0.5) is 0 Å². The number of nitrogens with one attached hydrogen (secondary N) is 1. The van der Waals surface area contributed by atoms with E-state index in [2.05, 4.69) is 11.4 Å². The number of carbonyl (C=O) groups is 2. The summed E-state index contributed by atoms with van der Waals surface area (Å²) in [6.07, 6.45) is 5.78. The zero-order valence-corrected chi connectivity index (χ0v) is 15.8. The molecule has 1 N–H and O–H groups in total. The van der Waals surface area contributed by atoms with Crippen molar-refractivity contribution in [1.82, 2.24) is 5.32 Å². The molecule has 6 heteroatoms. The Bertz CT molecular complexity index is 901. The maximum absolute atomic E-state index is 12.1. The molecule has 0 atom stereocenters. The molecule has 0 radical (unpaired) electrons. The second-order valence-electron chi connectivity index (χ2n) is 7.33. The lowest BCUT2D eigenvalue weighted by Crippen LogP contribution is -2.50. The first kappa shape index (κ1) is 19.0. The number of hydrogen-bond donors (Lipinski definition) is 1. The number of rotatable bonds is 5. The summed E-state index contributed by atoms with van der Waals surface area (Å²) in [7, 11) is 0. The third-order valence-electron chi connectivity index (χ3n) is 5.27. The largest absolute Gasteiger partial charge is 0.464 e. The van der Waals surface area contributed by atoms with Gasteiger partial charge in [-0.15, -0.1) is 0 Å². The van der Waals surface area contributed by atoms with Gasteiger partial charge in [0.25, 0.3) is 5.91 Å². The van der Waals surface area contributed by atoms with Gasteiger partial charge in [0, 0.05) is 10.9 Å². The molecule has 1 aliphatic rings. The highest BCUT2D eigenvalue weighted by atomic mass is 16.5. The Morgan fingerprint density at radius 1 is 1.22 bits per heavy atom.